The molecular weight excluding hydrogens is 324 g/mol. The number of hydrogen-bond donors (Lipinski definition) is 2. The molecular formula is C18H26N2O5. The Bertz CT molecular complexity index is 553. The number of carbonyl (C=O) groups excluding carboxylic acids is 3. The maximum Gasteiger partial charge on any atom is 0.340 e. The molecule has 1 rings (SSSR count). The summed E-state index contributed by atoms with van der Waals surface area (Å²) in [6.07, 6.45) is 0.645. The lowest BCUT2D eigenvalue weighted by Gasteiger charge is -2.15. The van der Waals surface area contributed by atoms with E-state index in [1.807, 2.05) is 31.2 Å². The molecule has 0 radical (unpaired) electrons. The van der Waals surface area contributed by atoms with E-state index in [1.54, 1.807) is 13.8 Å². The highest BCUT2D eigenvalue weighted by atomic mass is 16.6. The van der Waals surface area contributed by atoms with Gasteiger partial charge in [-0.25, -0.2) is 9.59 Å². The van der Waals surface area contributed by atoms with Crippen LogP contribution in [0.15, 0.2) is 24.3 Å². The minimum atomic E-state index is -1.43. The number of rotatable bonds is 10. The second-order valence-corrected chi connectivity index (χ2v) is 5.23. The van der Waals surface area contributed by atoms with Crippen molar-refractivity contribution >= 4 is 23.5 Å². The zero-order valence-corrected chi connectivity index (χ0v) is 15.0. The first-order valence-corrected chi connectivity index (χ1v) is 8.47. The molecule has 0 bridgehead atoms. The summed E-state index contributed by atoms with van der Waals surface area (Å²) in [4.78, 5) is 35.7. The predicted octanol–water partition coefficient (Wildman–Crippen LogP) is 1.66. The maximum absolute atomic E-state index is 12.1. The van der Waals surface area contributed by atoms with Crippen LogP contribution in [0.5, 0.6) is 0 Å². The Morgan fingerprint density at radius 3 is 2.00 bits per heavy atom. The van der Waals surface area contributed by atoms with Crippen LogP contribution in [-0.4, -0.2) is 43.6 Å². The monoisotopic (exact) mass is 350 g/mol. The van der Waals surface area contributed by atoms with Gasteiger partial charge in [0.15, 0.2) is 0 Å². The lowest BCUT2D eigenvalue weighted by atomic mass is 10.1. The molecule has 25 heavy (non-hydrogen) atoms. The van der Waals surface area contributed by atoms with Crippen LogP contribution in [0.4, 0.5) is 5.69 Å². The van der Waals surface area contributed by atoms with Gasteiger partial charge in [-0.2, -0.15) is 0 Å². The number of benzene rings is 1. The van der Waals surface area contributed by atoms with Crippen molar-refractivity contribution in [3.05, 3.63) is 29.8 Å². The summed E-state index contributed by atoms with van der Waals surface area (Å²) >= 11 is 0. The van der Waals surface area contributed by atoms with Crippen LogP contribution in [0.2, 0.25) is 0 Å². The zero-order chi connectivity index (χ0) is 18.7. The van der Waals surface area contributed by atoms with Crippen LogP contribution in [0.3, 0.4) is 0 Å². The van der Waals surface area contributed by atoms with E-state index >= 15 is 0 Å². The molecule has 0 saturated carbocycles. The fraction of sp³-hybridized carbons (Fsp3) is 0.500. The average molecular weight is 350 g/mol. The van der Waals surface area contributed by atoms with Crippen molar-refractivity contribution in [1.82, 2.24) is 5.32 Å². The summed E-state index contributed by atoms with van der Waals surface area (Å²) in [5, 5.41) is 5.58. The zero-order valence-electron chi connectivity index (χ0n) is 15.0. The van der Waals surface area contributed by atoms with E-state index in [-0.39, 0.29) is 19.6 Å². The number of anilines is 1. The van der Waals surface area contributed by atoms with Gasteiger partial charge in [-0.1, -0.05) is 12.1 Å². The number of ether oxygens (including phenoxy) is 2. The summed E-state index contributed by atoms with van der Waals surface area (Å²) in [6.45, 7) is 6.33. The Morgan fingerprint density at radius 2 is 1.52 bits per heavy atom. The molecule has 0 aromatic heterocycles. The van der Waals surface area contributed by atoms with Crippen molar-refractivity contribution in [2.24, 2.45) is 0 Å². The lowest BCUT2D eigenvalue weighted by molar-refractivity contribution is -0.159. The van der Waals surface area contributed by atoms with Crippen LogP contribution in [0.1, 0.15) is 32.8 Å². The second kappa shape index (κ2) is 11.1. The highest BCUT2D eigenvalue weighted by Crippen LogP contribution is 2.11. The topological polar surface area (TPSA) is 93.7 Å². The standard InChI is InChI=1S/C18H26N2O5/c1-4-19-14-10-7-13(8-11-14)9-12-15(21)20-16(17(22)24-5-2)18(23)25-6-3/h7-8,10-11,16,19H,4-6,9,12H2,1-3H3,(H,20,21). The number of hydrogen-bond acceptors (Lipinski definition) is 6. The van der Waals surface area contributed by atoms with Gasteiger partial charge in [0.05, 0.1) is 13.2 Å². The SMILES string of the molecule is CCNc1ccc(CCC(=O)NC(C(=O)OCC)C(=O)OCC)cc1. The maximum atomic E-state index is 12.1. The molecule has 1 aromatic carbocycles. The van der Waals surface area contributed by atoms with Gasteiger partial charge in [0.1, 0.15) is 0 Å². The Kier molecular flexibility index (Phi) is 9.06. The van der Waals surface area contributed by atoms with Crippen molar-refractivity contribution < 1.29 is 23.9 Å². The number of esters is 2. The molecule has 0 atom stereocenters. The van der Waals surface area contributed by atoms with Gasteiger partial charge in [-0.05, 0) is 44.9 Å². The fourth-order valence-electron chi connectivity index (χ4n) is 2.15. The summed E-state index contributed by atoms with van der Waals surface area (Å²) < 4.78 is 9.62. The van der Waals surface area contributed by atoms with Crippen molar-refractivity contribution in [3.63, 3.8) is 0 Å². The largest absolute Gasteiger partial charge is 0.464 e. The van der Waals surface area contributed by atoms with Gasteiger partial charge < -0.3 is 20.1 Å². The number of aryl methyl sites for hydroxylation is 1. The molecule has 0 aliphatic carbocycles. The van der Waals surface area contributed by atoms with Crippen LogP contribution in [0.25, 0.3) is 0 Å². The van der Waals surface area contributed by atoms with Gasteiger partial charge in [0.2, 0.25) is 11.9 Å². The molecule has 0 saturated heterocycles. The Hall–Kier alpha value is -2.57. The van der Waals surface area contributed by atoms with E-state index in [0.717, 1.165) is 17.8 Å². The van der Waals surface area contributed by atoms with E-state index in [0.29, 0.717) is 6.42 Å². The first-order chi connectivity index (χ1) is 12.0. The van der Waals surface area contributed by atoms with Crippen LogP contribution in [0, 0.1) is 0 Å². The summed E-state index contributed by atoms with van der Waals surface area (Å²) in [7, 11) is 0. The van der Waals surface area contributed by atoms with Crippen molar-refractivity contribution in [1.29, 1.82) is 0 Å². The molecule has 1 aromatic rings. The summed E-state index contributed by atoms with van der Waals surface area (Å²) in [5.41, 5.74) is 2.00. The molecule has 0 fully saturated rings. The minimum absolute atomic E-state index is 0.114. The average Bonchev–Trinajstić information content (AvgIpc) is 2.59. The number of carbonyl (C=O) groups is 3. The van der Waals surface area contributed by atoms with Crippen LogP contribution in [-0.2, 0) is 30.3 Å². The predicted molar refractivity (Wildman–Crippen MR) is 94.1 cm³/mol. The molecule has 7 heteroatoms. The van der Waals surface area contributed by atoms with Gasteiger partial charge in [0.25, 0.3) is 0 Å². The van der Waals surface area contributed by atoms with Crippen LogP contribution >= 0.6 is 0 Å². The van der Waals surface area contributed by atoms with E-state index in [4.69, 9.17) is 9.47 Å². The third kappa shape index (κ3) is 7.24. The van der Waals surface area contributed by atoms with E-state index in [2.05, 4.69) is 10.6 Å². The summed E-state index contributed by atoms with van der Waals surface area (Å²) in [5.74, 6) is -2.05. The molecule has 1 amide bonds. The van der Waals surface area contributed by atoms with Crippen molar-refractivity contribution in [3.8, 4) is 0 Å². The molecule has 0 aliphatic rings. The molecule has 0 unspecified atom stereocenters. The smallest absolute Gasteiger partial charge is 0.340 e. The summed E-state index contributed by atoms with van der Waals surface area (Å²) in [6, 6.07) is 6.32. The Balaban J connectivity index is 2.58. The van der Waals surface area contributed by atoms with Gasteiger partial charge in [-0.15, -0.1) is 0 Å². The lowest BCUT2D eigenvalue weighted by Crippen LogP contribution is -2.48. The Morgan fingerprint density at radius 1 is 0.960 bits per heavy atom. The van der Waals surface area contributed by atoms with Crippen LogP contribution < -0.4 is 10.6 Å². The third-order valence-electron chi connectivity index (χ3n) is 3.33. The van der Waals surface area contributed by atoms with Gasteiger partial charge in [-0.3, -0.25) is 4.79 Å². The molecule has 7 nitrogen and oxygen atoms in total. The normalized spacial score (nSPS) is 10.2. The molecule has 0 spiro atoms. The molecule has 138 valence electrons. The van der Waals surface area contributed by atoms with E-state index in [1.165, 1.54) is 0 Å². The highest BCUT2D eigenvalue weighted by Gasteiger charge is 2.30. The molecule has 0 heterocycles. The Labute approximate surface area is 148 Å². The van der Waals surface area contributed by atoms with Gasteiger partial charge >= 0.3 is 11.9 Å². The molecule has 2 N–H and O–H groups in total. The highest BCUT2D eigenvalue weighted by molar-refractivity contribution is 6.02. The van der Waals surface area contributed by atoms with E-state index < -0.39 is 23.9 Å². The van der Waals surface area contributed by atoms with E-state index in [9.17, 15) is 14.4 Å². The quantitative estimate of drug-likeness (QED) is 0.492. The first-order valence-electron chi connectivity index (χ1n) is 8.47. The minimum Gasteiger partial charge on any atom is -0.464 e. The third-order valence-corrected chi connectivity index (χ3v) is 3.33. The van der Waals surface area contributed by atoms with Crippen molar-refractivity contribution in [2.45, 2.75) is 39.7 Å². The molecule has 0 aliphatic heterocycles. The van der Waals surface area contributed by atoms with Gasteiger partial charge in [0, 0.05) is 18.7 Å². The number of nitrogens with one attached hydrogen (secondary N) is 2. The first kappa shape index (κ1) is 20.5. The fourth-order valence-corrected chi connectivity index (χ4v) is 2.15. The number of amides is 1. The van der Waals surface area contributed by atoms with Crippen molar-refractivity contribution in [2.75, 3.05) is 25.1 Å². The second-order valence-electron chi connectivity index (χ2n) is 5.23.